The van der Waals surface area contributed by atoms with Gasteiger partial charge in [0.15, 0.2) is 0 Å². The molecule has 1 unspecified atom stereocenters. The van der Waals surface area contributed by atoms with Gasteiger partial charge in [0.2, 0.25) is 11.8 Å². The van der Waals surface area contributed by atoms with E-state index in [1.54, 1.807) is 19.1 Å². The Kier molecular flexibility index (Phi) is 9.03. The predicted molar refractivity (Wildman–Crippen MR) is 143 cm³/mol. The van der Waals surface area contributed by atoms with E-state index in [-0.39, 0.29) is 25.3 Å². The van der Waals surface area contributed by atoms with Gasteiger partial charge in [-0.05, 0) is 49.8 Å². The summed E-state index contributed by atoms with van der Waals surface area (Å²) < 4.78 is 25.3. The van der Waals surface area contributed by atoms with E-state index in [4.69, 9.17) is 9.05 Å². The zero-order valence-electron chi connectivity index (χ0n) is 21.6. The van der Waals surface area contributed by atoms with E-state index in [1.807, 2.05) is 42.5 Å². The van der Waals surface area contributed by atoms with Crippen LogP contribution >= 0.6 is 7.60 Å². The number of nitrogens with zero attached hydrogens (tertiary/aromatic N) is 1. The third-order valence-electron chi connectivity index (χ3n) is 7.28. The fraction of sp³-hybridized carbons (Fsp3) is 0.464. The first kappa shape index (κ1) is 28.0. The predicted octanol–water partition coefficient (Wildman–Crippen LogP) is 4.54. The number of anilines is 1. The van der Waals surface area contributed by atoms with Crippen molar-refractivity contribution in [2.45, 2.75) is 58.1 Å². The van der Waals surface area contributed by atoms with Crippen LogP contribution in [-0.2, 0) is 41.0 Å². The van der Waals surface area contributed by atoms with Gasteiger partial charge in [-0.2, -0.15) is 0 Å². The van der Waals surface area contributed by atoms with Gasteiger partial charge >= 0.3 is 13.6 Å². The summed E-state index contributed by atoms with van der Waals surface area (Å²) in [7, 11) is -3.64. The Morgan fingerprint density at radius 1 is 1.08 bits per heavy atom. The number of carbonyl (C=O) groups is 3. The molecular formula is C28H35N2O7P. The van der Waals surface area contributed by atoms with Gasteiger partial charge in [0.1, 0.15) is 12.6 Å². The first-order chi connectivity index (χ1) is 18.3. The maximum Gasteiger partial charge on any atom is 0.332 e. The molecule has 2 N–H and O–H groups in total. The molecule has 38 heavy (non-hydrogen) atoms. The Hall–Kier alpha value is -3.00. The number of fused-ring (bicyclic) bond motifs is 1. The highest BCUT2D eigenvalue weighted by Crippen LogP contribution is 2.57. The highest BCUT2D eigenvalue weighted by Gasteiger charge is 2.48. The van der Waals surface area contributed by atoms with Crippen LogP contribution in [0.5, 0.6) is 0 Å². The molecule has 0 aromatic heterocycles. The molecule has 10 heteroatoms. The summed E-state index contributed by atoms with van der Waals surface area (Å²) in [5.74, 6) is -1.97. The second kappa shape index (κ2) is 12.2. The summed E-state index contributed by atoms with van der Waals surface area (Å²) in [5, 5.41) is 12.4. The molecule has 2 aromatic rings. The van der Waals surface area contributed by atoms with Gasteiger partial charge in [0, 0.05) is 5.69 Å². The number of amides is 2. The largest absolute Gasteiger partial charge is 0.480 e. The molecule has 2 aliphatic rings. The maximum atomic E-state index is 13.8. The van der Waals surface area contributed by atoms with E-state index in [1.165, 1.54) is 4.90 Å². The van der Waals surface area contributed by atoms with E-state index >= 15 is 0 Å². The number of carbonyl (C=O) groups excluding carboxylic acids is 2. The molecule has 1 saturated carbocycles. The van der Waals surface area contributed by atoms with Gasteiger partial charge in [-0.1, -0.05) is 61.4 Å². The summed E-state index contributed by atoms with van der Waals surface area (Å²) in [6, 6.07) is 15.6. The topological polar surface area (TPSA) is 122 Å². The molecule has 2 aromatic carbocycles. The second-order valence-electron chi connectivity index (χ2n) is 9.94. The molecule has 9 nitrogen and oxygen atoms in total. The number of carboxylic acids is 1. The molecule has 2 atom stereocenters. The van der Waals surface area contributed by atoms with E-state index in [9.17, 15) is 24.1 Å². The lowest BCUT2D eigenvalue weighted by atomic mass is 9.87. The normalized spacial score (nSPS) is 20.3. The fourth-order valence-electron chi connectivity index (χ4n) is 5.41. The third-order valence-corrected chi connectivity index (χ3v) is 9.45. The number of aliphatic carboxylic acids is 1. The second-order valence-corrected chi connectivity index (χ2v) is 12.0. The Morgan fingerprint density at radius 3 is 2.45 bits per heavy atom. The van der Waals surface area contributed by atoms with Crippen molar-refractivity contribution >= 4 is 31.1 Å². The highest BCUT2D eigenvalue weighted by molar-refractivity contribution is 7.53. The van der Waals surface area contributed by atoms with Crippen molar-refractivity contribution in [3.63, 3.8) is 0 Å². The van der Waals surface area contributed by atoms with Crippen molar-refractivity contribution in [3.05, 3.63) is 65.7 Å². The van der Waals surface area contributed by atoms with E-state index in [0.717, 1.165) is 24.0 Å². The summed E-state index contributed by atoms with van der Waals surface area (Å²) in [6.07, 6.45) is 3.34. The number of hydrogen-bond donors (Lipinski definition) is 2. The average Bonchev–Trinajstić information content (AvgIpc) is 3.34. The van der Waals surface area contributed by atoms with Crippen LogP contribution in [0.2, 0.25) is 0 Å². The van der Waals surface area contributed by atoms with Gasteiger partial charge in [0.25, 0.3) is 0 Å². The molecule has 0 radical (unpaired) electrons. The van der Waals surface area contributed by atoms with Crippen LogP contribution in [0, 0.1) is 5.41 Å². The van der Waals surface area contributed by atoms with Crippen molar-refractivity contribution in [2.24, 2.45) is 5.41 Å². The summed E-state index contributed by atoms with van der Waals surface area (Å²) in [6.45, 7) is 1.51. The van der Waals surface area contributed by atoms with Gasteiger partial charge in [-0.3, -0.25) is 23.8 Å². The van der Waals surface area contributed by atoms with Crippen molar-refractivity contribution < 1.29 is 33.1 Å². The van der Waals surface area contributed by atoms with Crippen LogP contribution < -0.4 is 10.2 Å². The van der Waals surface area contributed by atoms with Gasteiger partial charge in [0.05, 0.1) is 24.8 Å². The molecule has 1 fully saturated rings. The first-order valence-electron chi connectivity index (χ1n) is 13.1. The van der Waals surface area contributed by atoms with Crippen molar-refractivity contribution in [2.75, 3.05) is 24.2 Å². The lowest BCUT2D eigenvalue weighted by molar-refractivity contribution is -0.137. The number of hydrogen-bond acceptors (Lipinski definition) is 6. The van der Waals surface area contributed by atoms with E-state index < -0.39 is 37.5 Å². The number of aryl methyl sites for hydroxylation is 1. The average molecular weight is 543 g/mol. The lowest BCUT2D eigenvalue weighted by Crippen LogP contribution is -2.53. The van der Waals surface area contributed by atoms with Crippen LogP contribution in [-0.4, -0.2) is 48.2 Å². The Morgan fingerprint density at radius 2 is 1.76 bits per heavy atom. The van der Waals surface area contributed by atoms with Crippen LogP contribution in [0.1, 0.15) is 50.2 Å². The molecule has 204 valence electrons. The maximum absolute atomic E-state index is 13.8. The number of benzene rings is 2. The summed E-state index contributed by atoms with van der Waals surface area (Å²) in [5.41, 5.74) is 1.24. The molecule has 1 aliphatic heterocycles. The van der Waals surface area contributed by atoms with Crippen molar-refractivity contribution in [1.82, 2.24) is 5.32 Å². The van der Waals surface area contributed by atoms with Gasteiger partial charge in [-0.25, -0.2) is 0 Å². The van der Waals surface area contributed by atoms with Crippen LogP contribution in [0.4, 0.5) is 5.69 Å². The molecule has 0 saturated heterocycles. The quantitative estimate of drug-likeness (QED) is 0.400. The molecule has 2 amide bonds. The Labute approximate surface area is 223 Å². The standard InChI is InChI=1S/C28H35N2O7P/c1-2-36-38(35,37-19-21-10-4-3-5-11-21)20-28(16-8-9-17-28)27(34)29-23-15-14-22-12-6-7-13-24(22)30(26(23)33)18-25(31)32/h3-7,10-13,23H,2,8-9,14-20H2,1H3,(H,29,34)(H,31,32)/t23-,38?/m0/s1. The molecule has 0 bridgehead atoms. The monoisotopic (exact) mass is 542 g/mol. The zero-order valence-corrected chi connectivity index (χ0v) is 22.5. The number of para-hydroxylation sites is 1. The van der Waals surface area contributed by atoms with Crippen LogP contribution in [0.25, 0.3) is 0 Å². The van der Waals surface area contributed by atoms with Crippen LogP contribution in [0.15, 0.2) is 54.6 Å². The lowest BCUT2D eigenvalue weighted by Gasteiger charge is -2.33. The molecule has 0 spiro atoms. The number of carboxylic acid groups (broad SMARTS) is 1. The van der Waals surface area contributed by atoms with Crippen molar-refractivity contribution in [1.29, 1.82) is 0 Å². The van der Waals surface area contributed by atoms with Gasteiger partial charge < -0.3 is 19.5 Å². The molecule has 1 aliphatic carbocycles. The van der Waals surface area contributed by atoms with Gasteiger partial charge in [-0.15, -0.1) is 0 Å². The van der Waals surface area contributed by atoms with Crippen molar-refractivity contribution in [3.8, 4) is 0 Å². The third kappa shape index (κ3) is 6.52. The first-order valence-corrected chi connectivity index (χ1v) is 14.8. The van der Waals surface area contributed by atoms with E-state index in [2.05, 4.69) is 5.32 Å². The minimum Gasteiger partial charge on any atom is -0.480 e. The summed E-state index contributed by atoms with van der Waals surface area (Å²) >= 11 is 0. The molecule has 1 heterocycles. The number of nitrogens with one attached hydrogen (secondary N) is 1. The summed E-state index contributed by atoms with van der Waals surface area (Å²) in [4.78, 5) is 40.1. The minimum atomic E-state index is -3.64. The molecule has 4 rings (SSSR count). The fourth-order valence-corrected chi connectivity index (χ4v) is 7.61. The smallest absolute Gasteiger partial charge is 0.332 e. The van der Waals surface area contributed by atoms with E-state index in [0.29, 0.717) is 31.4 Å². The SMILES string of the molecule is CCOP(=O)(CC1(C(=O)N[C@H]2CCc3ccccc3N(CC(=O)O)C2=O)CCCC1)OCc1ccccc1. The Bertz CT molecular complexity index is 1200. The molecular weight excluding hydrogens is 507 g/mol. The number of rotatable bonds is 11. The zero-order chi connectivity index (χ0) is 27.2. The van der Waals surface area contributed by atoms with Crippen LogP contribution in [0.3, 0.4) is 0 Å². The Balaban J connectivity index is 1.53. The minimum absolute atomic E-state index is 0.0769. The highest BCUT2D eigenvalue weighted by atomic mass is 31.2.